The number of hydrogen-bond acceptors (Lipinski definition) is 4. The van der Waals surface area contributed by atoms with Crippen LogP contribution in [-0.4, -0.2) is 49.9 Å². The molecule has 0 unspecified atom stereocenters. The van der Waals surface area contributed by atoms with Gasteiger partial charge in [0.05, 0.1) is 4.88 Å². The summed E-state index contributed by atoms with van der Waals surface area (Å²) in [5.41, 5.74) is 6.46. The molecule has 0 aliphatic rings. The van der Waals surface area contributed by atoms with Crippen LogP contribution in [0, 0.1) is 6.92 Å². The molecule has 1 heterocycles. The fourth-order valence-electron chi connectivity index (χ4n) is 1.52. The highest BCUT2D eigenvalue weighted by Gasteiger charge is 2.14. The van der Waals surface area contributed by atoms with Crippen LogP contribution in [-0.2, 0) is 0 Å². The second-order valence-corrected chi connectivity index (χ2v) is 5.76. The Kier molecular flexibility index (Phi) is 4.96. The van der Waals surface area contributed by atoms with E-state index in [9.17, 15) is 4.79 Å². The SMILES string of the molecule is Cc1sc(C(=O)N(C)CCCN(C)C)cc1N. The third-order valence-electron chi connectivity index (χ3n) is 2.61. The van der Waals surface area contributed by atoms with Gasteiger partial charge in [-0.2, -0.15) is 0 Å². The molecule has 1 rings (SSSR count). The Morgan fingerprint density at radius 1 is 1.35 bits per heavy atom. The molecule has 0 atom stereocenters. The molecule has 0 aliphatic carbocycles. The molecule has 17 heavy (non-hydrogen) atoms. The summed E-state index contributed by atoms with van der Waals surface area (Å²) in [6.07, 6.45) is 0.981. The summed E-state index contributed by atoms with van der Waals surface area (Å²) in [7, 11) is 5.90. The van der Waals surface area contributed by atoms with Crippen molar-refractivity contribution in [1.29, 1.82) is 0 Å². The number of amides is 1. The molecular formula is C12H21N3OS. The number of aryl methyl sites for hydroxylation is 1. The first-order valence-electron chi connectivity index (χ1n) is 5.68. The smallest absolute Gasteiger partial charge is 0.263 e. The lowest BCUT2D eigenvalue weighted by atomic mass is 10.3. The molecule has 0 fully saturated rings. The quantitative estimate of drug-likeness (QED) is 0.870. The second-order valence-electron chi connectivity index (χ2n) is 4.51. The van der Waals surface area contributed by atoms with E-state index < -0.39 is 0 Å². The highest BCUT2D eigenvalue weighted by atomic mass is 32.1. The van der Waals surface area contributed by atoms with E-state index in [1.54, 1.807) is 11.0 Å². The third-order valence-corrected chi connectivity index (χ3v) is 3.67. The molecule has 0 saturated heterocycles. The maximum absolute atomic E-state index is 12.1. The van der Waals surface area contributed by atoms with Gasteiger partial charge in [0.1, 0.15) is 0 Å². The minimum Gasteiger partial charge on any atom is -0.398 e. The lowest BCUT2D eigenvalue weighted by molar-refractivity contribution is 0.0795. The van der Waals surface area contributed by atoms with Crippen molar-refractivity contribution >= 4 is 22.9 Å². The van der Waals surface area contributed by atoms with Crippen molar-refractivity contribution in [2.75, 3.05) is 40.0 Å². The number of rotatable bonds is 5. The molecule has 2 N–H and O–H groups in total. The van der Waals surface area contributed by atoms with Crippen LogP contribution in [0.15, 0.2) is 6.07 Å². The van der Waals surface area contributed by atoms with Gasteiger partial charge in [0, 0.05) is 24.2 Å². The van der Waals surface area contributed by atoms with Crippen LogP contribution >= 0.6 is 11.3 Å². The number of nitrogen functional groups attached to an aromatic ring is 1. The largest absolute Gasteiger partial charge is 0.398 e. The summed E-state index contributed by atoms with van der Waals surface area (Å²) in [6, 6.07) is 1.77. The number of nitrogens with two attached hydrogens (primary N) is 1. The minimum absolute atomic E-state index is 0.0635. The van der Waals surface area contributed by atoms with Crippen LogP contribution in [0.5, 0.6) is 0 Å². The van der Waals surface area contributed by atoms with Crippen molar-refractivity contribution in [2.45, 2.75) is 13.3 Å². The van der Waals surface area contributed by atoms with Crippen LogP contribution in [0.2, 0.25) is 0 Å². The number of thiophene rings is 1. The van der Waals surface area contributed by atoms with Gasteiger partial charge in [-0.3, -0.25) is 4.79 Å². The van der Waals surface area contributed by atoms with Crippen LogP contribution in [0.3, 0.4) is 0 Å². The van der Waals surface area contributed by atoms with E-state index in [2.05, 4.69) is 4.90 Å². The fraction of sp³-hybridized carbons (Fsp3) is 0.583. The first kappa shape index (κ1) is 14.0. The van der Waals surface area contributed by atoms with Gasteiger partial charge in [-0.15, -0.1) is 11.3 Å². The third kappa shape index (κ3) is 4.02. The fourth-order valence-corrected chi connectivity index (χ4v) is 2.45. The molecule has 0 spiro atoms. The van der Waals surface area contributed by atoms with E-state index in [1.165, 1.54) is 11.3 Å². The Morgan fingerprint density at radius 2 is 2.00 bits per heavy atom. The zero-order valence-corrected chi connectivity index (χ0v) is 11.8. The van der Waals surface area contributed by atoms with Gasteiger partial charge in [0.25, 0.3) is 5.91 Å². The van der Waals surface area contributed by atoms with E-state index >= 15 is 0 Å². The number of carbonyl (C=O) groups is 1. The molecular weight excluding hydrogens is 234 g/mol. The van der Waals surface area contributed by atoms with Crippen LogP contribution in [0.4, 0.5) is 5.69 Å². The number of hydrogen-bond donors (Lipinski definition) is 1. The molecule has 0 aliphatic heterocycles. The van der Waals surface area contributed by atoms with Crippen molar-refractivity contribution < 1.29 is 4.79 Å². The number of nitrogens with zero attached hydrogens (tertiary/aromatic N) is 2. The summed E-state index contributed by atoms with van der Waals surface area (Å²) in [4.78, 5) is 17.7. The first-order chi connectivity index (χ1) is 7.91. The molecule has 0 bridgehead atoms. The van der Waals surface area contributed by atoms with Crippen LogP contribution < -0.4 is 5.73 Å². The maximum Gasteiger partial charge on any atom is 0.263 e. The molecule has 5 heteroatoms. The molecule has 1 aromatic heterocycles. The Bertz CT molecular complexity index is 368. The monoisotopic (exact) mass is 255 g/mol. The predicted molar refractivity (Wildman–Crippen MR) is 73.6 cm³/mol. The summed E-state index contributed by atoms with van der Waals surface area (Å²) >= 11 is 1.46. The summed E-state index contributed by atoms with van der Waals surface area (Å²) < 4.78 is 0. The topological polar surface area (TPSA) is 49.6 Å². The standard InChI is InChI=1S/C12H21N3OS/c1-9-10(13)8-11(17-9)12(16)15(4)7-5-6-14(2)3/h8H,5-7,13H2,1-4H3. The van der Waals surface area contributed by atoms with E-state index in [0.29, 0.717) is 5.69 Å². The summed E-state index contributed by atoms with van der Waals surface area (Å²) in [5.74, 6) is 0.0635. The first-order valence-corrected chi connectivity index (χ1v) is 6.49. The zero-order valence-electron chi connectivity index (χ0n) is 11.0. The van der Waals surface area contributed by atoms with Gasteiger partial charge in [0.2, 0.25) is 0 Å². The van der Waals surface area contributed by atoms with Crippen molar-refractivity contribution in [3.63, 3.8) is 0 Å². The highest BCUT2D eigenvalue weighted by molar-refractivity contribution is 7.14. The van der Waals surface area contributed by atoms with Gasteiger partial charge in [-0.25, -0.2) is 0 Å². The van der Waals surface area contributed by atoms with Crippen LogP contribution in [0.1, 0.15) is 21.0 Å². The average Bonchev–Trinajstić information content (AvgIpc) is 2.57. The van der Waals surface area contributed by atoms with Gasteiger partial charge in [-0.1, -0.05) is 0 Å². The lowest BCUT2D eigenvalue weighted by Crippen LogP contribution is -2.29. The molecule has 1 amide bonds. The molecule has 4 nitrogen and oxygen atoms in total. The van der Waals surface area contributed by atoms with Gasteiger partial charge in [0.15, 0.2) is 0 Å². The molecule has 0 saturated carbocycles. The predicted octanol–water partition coefficient (Wildman–Crippen LogP) is 1.66. The van der Waals surface area contributed by atoms with Crippen molar-refractivity contribution in [1.82, 2.24) is 9.80 Å². The van der Waals surface area contributed by atoms with E-state index in [0.717, 1.165) is 29.3 Å². The number of anilines is 1. The Morgan fingerprint density at radius 3 is 2.47 bits per heavy atom. The van der Waals surface area contributed by atoms with E-state index in [-0.39, 0.29) is 5.91 Å². The number of carbonyl (C=O) groups excluding carboxylic acids is 1. The van der Waals surface area contributed by atoms with E-state index in [4.69, 9.17) is 5.73 Å². The molecule has 96 valence electrons. The maximum atomic E-state index is 12.1. The van der Waals surface area contributed by atoms with Crippen molar-refractivity contribution in [2.24, 2.45) is 0 Å². The normalized spacial score (nSPS) is 10.9. The average molecular weight is 255 g/mol. The Labute approximate surface area is 107 Å². The Balaban J connectivity index is 2.52. The summed E-state index contributed by atoms with van der Waals surface area (Å²) in [5, 5.41) is 0. The van der Waals surface area contributed by atoms with Gasteiger partial charge in [-0.05, 0) is 40.1 Å². The van der Waals surface area contributed by atoms with E-state index in [1.807, 2.05) is 28.1 Å². The minimum atomic E-state index is 0.0635. The van der Waals surface area contributed by atoms with Crippen LogP contribution in [0.25, 0.3) is 0 Å². The molecule has 1 aromatic rings. The summed E-state index contributed by atoms with van der Waals surface area (Å²) in [6.45, 7) is 3.69. The highest BCUT2D eigenvalue weighted by Crippen LogP contribution is 2.24. The lowest BCUT2D eigenvalue weighted by Gasteiger charge is -2.17. The Hall–Kier alpha value is -1.07. The molecule has 0 aromatic carbocycles. The second kappa shape index (κ2) is 6.02. The van der Waals surface area contributed by atoms with Crippen molar-refractivity contribution in [3.05, 3.63) is 15.8 Å². The molecule has 0 radical (unpaired) electrons. The van der Waals surface area contributed by atoms with Gasteiger partial charge < -0.3 is 15.5 Å². The van der Waals surface area contributed by atoms with Gasteiger partial charge >= 0.3 is 0 Å². The van der Waals surface area contributed by atoms with Crippen molar-refractivity contribution in [3.8, 4) is 0 Å². The zero-order chi connectivity index (χ0) is 13.0.